The van der Waals surface area contributed by atoms with E-state index in [9.17, 15) is 4.79 Å². The van der Waals surface area contributed by atoms with Crippen LogP contribution in [0.5, 0.6) is 11.5 Å². The van der Waals surface area contributed by atoms with Crippen LogP contribution in [-0.4, -0.2) is 62.7 Å². The highest BCUT2D eigenvalue weighted by atomic mass is 35.5. The van der Waals surface area contributed by atoms with Crippen molar-refractivity contribution in [1.29, 1.82) is 0 Å². The van der Waals surface area contributed by atoms with Crippen molar-refractivity contribution in [2.45, 2.75) is 89.4 Å². The second kappa shape index (κ2) is 14.9. The van der Waals surface area contributed by atoms with E-state index in [1.165, 1.54) is 6.42 Å². The molecule has 12 nitrogen and oxygen atoms in total. The monoisotopic (exact) mass is 737 g/mol. The molecule has 2 aromatic carbocycles. The second-order valence-electron chi connectivity index (χ2n) is 15.4. The zero-order valence-corrected chi connectivity index (χ0v) is 31.4. The van der Waals surface area contributed by atoms with Gasteiger partial charge in [-0.15, -0.1) is 10.2 Å². The van der Waals surface area contributed by atoms with E-state index in [1.807, 2.05) is 59.1 Å². The molecule has 0 unspecified atom stereocenters. The van der Waals surface area contributed by atoms with Crippen LogP contribution in [0.15, 0.2) is 66.9 Å². The maximum atomic E-state index is 13.8. The van der Waals surface area contributed by atoms with Crippen LogP contribution in [0, 0.1) is 0 Å². The highest BCUT2D eigenvalue weighted by Gasteiger charge is 2.31. The quantitative estimate of drug-likeness (QED) is 0.148. The van der Waals surface area contributed by atoms with E-state index in [-0.39, 0.29) is 29.7 Å². The number of nitrogens with one attached hydrogen (secondary N) is 3. The largest absolute Gasteiger partial charge is 0.487 e. The molecule has 0 bridgehead atoms. The minimum Gasteiger partial charge on any atom is -0.487 e. The summed E-state index contributed by atoms with van der Waals surface area (Å²) in [5.74, 6) is 2.77. The maximum absolute atomic E-state index is 13.8. The molecule has 1 aliphatic carbocycles. The van der Waals surface area contributed by atoms with Crippen LogP contribution < -0.4 is 30.3 Å². The molecule has 3 N–H and O–H groups in total. The first kappa shape index (κ1) is 35.2. The molecule has 3 aliphatic rings. The smallest absolute Gasteiger partial charge is 0.320 e. The van der Waals surface area contributed by atoms with Crippen molar-refractivity contribution in [2.24, 2.45) is 0 Å². The maximum Gasteiger partial charge on any atom is 0.320 e. The number of pyridine rings is 1. The molecule has 0 saturated carbocycles. The molecule has 2 fully saturated rings. The van der Waals surface area contributed by atoms with Gasteiger partial charge in [0.1, 0.15) is 29.5 Å². The van der Waals surface area contributed by atoms with Gasteiger partial charge in [0, 0.05) is 37.2 Å². The average molecular weight is 738 g/mol. The molecule has 0 spiro atoms. The van der Waals surface area contributed by atoms with Crippen LogP contribution in [0.2, 0.25) is 5.02 Å². The lowest BCUT2D eigenvalue weighted by atomic mass is 9.85. The predicted octanol–water partition coefficient (Wildman–Crippen LogP) is 7.76. The van der Waals surface area contributed by atoms with E-state index in [2.05, 4.69) is 64.0 Å². The molecule has 3 aromatic heterocycles. The summed E-state index contributed by atoms with van der Waals surface area (Å²) in [4.78, 5) is 16.1. The fourth-order valence-corrected chi connectivity index (χ4v) is 7.75. The SMILES string of the molecule is CC(C)(C)c1cc(NC(=O)N[C@H]2CC[C@@H](Oc3ccc4nnc(N5CCCCC5)n4c3)c3ccccc32)n(-c2ccc(Cl)c(O[C@H]3CCCNC3)c2)n1. The van der Waals surface area contributed by atoms with Crippen LogP contribution in [0.1, 0.15) is 94.7 Å². The molecular weight excluding hydrogens is 690 g/mol. The number of ether oxygens (including phenoxy) is 2. The number of amides is 2. The Labute approximate surface area is 315 Å². The number of piperidine rings is 2. The lowest BCUT2D eigenvalue weighted by Crippen LogP contribution is -2.37. The van der Waals surface area contributed by atoms with Gasteiger partial charge in [-0.1, -0.05) is 56.6 Å². The van der Waals surface area contributed by atoms with E-state index >= 15 is 0 Å². The molecule has 278 valence electrons. The third kappa shape index (κ3) is 7.66. The van der Waals surface area contributed by atoms with Gasteiger partial charge in [-0.25, -0.2) is 9.48 Å². The third-order valence-electron chi connectivity index (χ3n) is 10.4. The molecule has 2 aliphatic heterocycles. The van der Waals surface area contributed by atoms with Crippen molar-refractivity contribution in [2.75, 3.05) is 36.4 Å². The molecule has 13 heteroatoms. The fraction of sp³-hybridized carbons (Fsp3) is 0.450. The van der Waals surface area contributed by atoms with Gasteiger partial charge in [0.2, 0.25) is 5.95 Å². The Morgan fingerprint density at radius 1 is 0.925 bits per heavy atom. The van der Waals surface area contributed by atoms with E-state index in [0.29, 0.717) is 23.0 Å². The lowest BCUT2D eigenvalue weighted by Gasteiger charge is -2.32. The summed E-state index contributed by atoms with van der Waals surface area (Å²) >= 11 is 6.59. The molecule has 53 heavy (non-hydrogen) atoms. The number of halogens is 1. The number of rotatable bonds is 8. The van der Waals surface area contributed by atoms with Gasteiger partial charge >= 0.3 is 6.03 Å². The van der Waals surface area contributed by atoms with E-state index < -0.39 is 0 Å². The fourth-order valence-electron chi connectivity index (χ4n) is 7.58. The van der Waals surface area contributed by atoms with Gasteiger partial charge < -0.3 is 25.0 Å². The first-order valence-corrected chi connectivity index (χ1v) is 19.3. The molecule has 5 heterocycles. The van der Waals surface area contributed by atoms with Gasteiger partial charge in [-0.2, -0.15) is 5.10 Å². The number of anilines is 2. The first-order valence-electron chi connectivity index (χ1n) is 18.9. The Morgan fingerprint density at radius 2 is 1.75 bits per heavy atom. The summed E-state index contributed by atoms with van der Waals surface area (Å²) in [7, 11) is 0. The number of urea groups is 1. The number of benzene rings is 2. The average Bonchev–Trinajstić information content (AvgIpc) is 3.79. The molecule has 3 atom stereocenters. The zero-order chi connectivity index (χ0) is 36.5. The van der Waals surface area contributed by atoms with Crippen LogP contribution in [0.3, 0.4) is 0 Å². The topological polar surface area (TPSA) is 123 Å². The number of aromatic nitrogens is 5. The van der Waals surface area contributed by atoms with Gasteiger partial charge in [0.15, 0.2) is 5.65 Å². The van der Waals surface area contributed by atoms with Gasteiger partial charge in [0.05, 0.1) is 28.6 Å². The lowest BCUT2D eigenvalue weighted by molar-refractivity contribution is 0.167. The van der Waals surface area contributed by atoms with Gasteiger partial charge in [-0.05, 0) is 86.9 Å². The van der Waals surface area contributed by atoms with Gasteiger partial charge in [-0.3, -0.25) is 9.72 Å². The van der Waals surface area contributed by atoms with Crippen molar-refractivity contribution in [3.63, 3.8) is 0 Å². The summed E-state index contributed by atoms with van der Waals surface area (Å²) < 4.78 is 16.8. The van der Waals surface area contributed by atoms with Crippen molar-refractivity contribution < 1.29 is 14.3 Å². The summed E-state index contributed by atoms with van der Waals surface area (Å²) in [5, 5.41) is 24.1. The minimum absolute atomic E-state index is 0.0426. The Hall–Kier alpha value is -4.81. The van der Waals surface area contributed by atoms with Crippen LogP contribution in [-0.2, 0) is 5.41 Å². The number of hydrogen-bond donors (Lipinski definition) is 3. The van der Waals surface area contributed by atoms with Crippen molar-refractivity contribution in [1.82, 2.24) is 35.0 Å². The van der Waals surface area contributed by atoms with Crippen LogP contribution >= 0.6 is 11.6 Å². The standard InChI is InChI=1S/C40H48ClN9O3/c1-40(2,3)35-23-37(50(47-35)26-13-15-31(41)34(22-26)52-27-10-9-19-42-24-27)44-38(51)43-32-16-17-33(30-12-6-5-11-29(30)32)53-28-14-18-36-45-46-39(49(36)25-28)48-20-7-4-8-21-48/h5-6,11-15,18,22-23,25,27,32-33,42H,4,7-10,16-17,19-21,24H2,1-3H3,(H2,43,44,51)/t27-,32-,33+/m0/s1. The van der Waals surface area contributed by atoms with E-state index in [0.717, 1.165) is 98.1 Å². The Kier molecular flexibility index (Phi) is 9.91. The second-order valence-corrected chi connectivity index (χ2v) is 15.8. The minimum atomic E-state index is -0.312. The zero-order valence-electron chi connectivity index (χ0n) is 30.6. The number of nitrogens with zero attached hydrogens (tertiary/aromatic N) is 6. The summed E-state index contributed by atoms with van der Waals surface area (Å²) in [6, 6.07) is 19.2. The number of fused-ring (bicyclic) bond motifs is 2. The molecule has 2 saturated heterocycles. The molecule has 5 aromatic rings. The van der Waals surface area contributed by atoms with Crippen LogP contribution in [0.25, 0.3) is 11.3 Å². The summed E-state index contributed by atoms with van der Waals surface area (Å²) in [5.41, 5.74) is 4.25. The number of carbonyl (C=O) groups is 1. The Bertz CT molecular complexity index is 2080. The van der Waals surface area contributed by atoms with Crippen molar-refractivity contribution >= 4 is 35.0 Å². The van der Waals surface area contributed by atoms with E-state index in [1.54, 1.807) is 4.68 Å². The number of hydrogen-bond acceptors (Lipinski definition) is 8. The number of carbonyl (C=O) groups excluding carboxylic acids is 1. The highest BCUT2D eigenvalue weighted by Crippen LogP contribution is 2.39. The summed E-state index contributed by atoms with van der Waals surface area (Å²) in [6.45, 7) is 10.1. The van der Waals surface area contributed by atoms with Crippen LogP contribution in [0.4, 0.5) is 16.6 Å². The highest BCUT2D eigenvalue weighted by molar-refractivity contribution is 6.32. The first-order chi connectivity index (χ1) is 25.7. The molecule has 0 radical (unpaired) electrons. The van der Waals surface area contributed by atoms with Crippen molar-refractivity contribution in [3.8, 4) is 17.2 Å². The van der Waals surface area contributed by atoms with E-state index in [4.69, 9.17) is 26.2 Å². The van der Waals surface area contributed by atoms with Gasteiger partial charge in [0.25, 0.3) is 0 Å². The Balaban J connectivity index is 0.993. The summed E-state index contributed by atoms with van der Waals surface area (Å²) in [6.07, 6.45) is 8.92. The predicted molar refractivity (Wildman–Crippen MR) is 207 cm³/mol. The van der Waals surface area contributed by atoms with Crippen molar-refractivity contribution in [3.05, 3.63) is 88.7 Å². The Morgan fingerprint density at radius 3 is 2.55 bits per heavy atom. The normalized spacial score (nSPS) is 20.5. The molecular formula is C40H48ClN9O3. The third-order valence-corrected chi connectivity index (χ3v) is 10.8. The molecule has 2 amide bonds. The molecule has 8 rings (SSSR count).